The molecule has 26 heavy (non-hydrogen) atoms. The van der Waals surface area contributed by atoms with Crippen molar-refractivity contribution in [3.63, 3.8) is 0 Å². The third kappa shape index (κ3) is 5.08. The van der Waals surface area contributed by atoms with Crippen LogP contribution in [-0.4, -0.2) is 37.0 Å². The number of likely N-dealkylation sites (tertiary alicyclic amines) is 1. The molecule has 1 aromatic heterocycles. The van der Waals surface area contributed by atoms with E-state index in [0.29, 0.717) is 18.6 Å². The molecule has 0 saturated carbocycles. The third-order valence-corrected chi connectivity index (χ3v) is 5.86. The van der Waals surface area contributed by atoms with Crippen LogP contribution in [-0.2, 0) is 6.61 Å². The molecular weight excluding hydrogens is 344 g/mol. The quantitative estimate of drug-likeness (QED) is 0.823. The lowest BCUT2D eigenvalue weighted by Gasteiger charge is -2.29. The number of ether oxygens (including phenoxy) is 1. The van der Waals surface area contributed by atoms with Gasteiger partial charge in [-0.05, 0) is 68.0 Å². The summed E-state index contributed by atoms with van der Waals surface area (Å²) in [4.78, 5) is 15.5. The van der Waals surface area contributed by atoms with E-state index in [4.69, 9.17) is 4.74 Å². The highest BCUT2D eigenvalue weighted by Gasteiger charge is 2.19. The lowest BCUT2D eigenvalue weighted by Crippen LogP contribution is -2.43. The third-order valence-electron chi connectivity index (χ3n) is 4.88. The van der Waals surface area contributed by atoms with Crippen LogP contribution in [0.5, 0.6) is 5.75 Å². The van der Waals surface area contributed by atoms with Crippen LogP contribution in [0.4, 0.5) is 0 Å². The minimum absolute atomic E-state index is 0.0390. The van der Waals surface area contributed by atoms with Crippen LogP contribution in [0.15, 0.2) is 35.7 Å². The molecule has 0 atom stereocenters. The molecule has 4 nitrogen and oxygen atoms in total. The fraction of sp³-hybridized carbons (Fsp3) is 0.476. The first-order valence-corrected chi connectivity index (χ1v) is 10.2. The number of carbonyl (C=O) groups is 1. The smallest absolute Gasteiger partial charge is 0.261 e. The molecule has 1 aromatic carbocycles. The molecule has 2 aromatic rings. The van der Waals surface area contributed by atoms with Crippen molar-refractivity contribution in [1.82, 2.24) is 10.2 Å². The highest BCUT2D eigenvalue weighted by Crippen LogP contribution is 2.21. The zero-order valence-corrected chi connectivity index (χ0v) is 16.6. The number of nitrogens with one attached hydrogen (secondary N) is 1. The van der Waals surface area contributed by atoms with Crippen LogP contribution in [0, 0.1) is 0 Å². The summed E-state index contributed by atoms with van der Waals surface area (Å²) in [6, 6.07) is 10.5. The summed E-state index contributed by atoms with van der Waals surface area (Å²) in [6.07, 6.45) is 2.05. The molecule has 1 fully saturated rings. The van der Waals surface area contributed by atoms with Crippen molar-refractivity contribution in [1.29, 1.82) is 0 Å². The summed E-state index contributed by atoms with van der Waals surface area (Å²) in [5.41, 5.74) is 2.34. The Morgan fingerprint density at radius 1 is 1.27 bits per heavy atom. The zero-order chi connectivity index (χ0) is 18.5. The summed E-state index contributed by atoms with van der Waals surface area (Å²) in [7, 11) is 2.12. The van der Waals surface area contributed by atoms with Crippen LogP contribution in [0.25, 0.3) is 0 Å². The van der Waals surface area contributed by atoms with Crippen LogP contribution in [0.3, 0.4) is 0 Å². The van der Waals surface area contributed by atoms with Gasteiger partial charge in [-0.25, -0.2) is 0 Å². The summed E-state index contributed by atoms with van der Waals surface area (Å²) >= 11 is 1.49. The standard InChI is InChI=1S/C21H28N2O2S/c1-15(2)17-4-6-19(7-5-17)25-13-16-12-20(26-14-16)21(24)22-18-8-10-23(3)11-9-18/h4-7,12,14-15,18H,8-11,13H2,1-3H3,(H,22,24). The van der Waals surface area contributed by atoms with Gasteiger partial charge in [0.05, 0.1) is 4.88 Å². The topological polar surface area (TPSA) is 41.6 Å². The Kier molecular flexibility index (Phi) is 6.33. The van der Waals surface area contributed by atoms with Crippen molar-refractivity contribution in [2.24, 2.45) is 0 Å². The fourth-order valence-corrected chi connectivity index (χ4v) is 3.90. The van der Waals surface area contributed by atoms with Gasteiger partial charge in [0.25, 0.3) is 5.91 Å². The molecule has 5 heteroatoms. The number of carbonyl (C=O) groups excluding carboxylic acids is 1. The van der Waals surface area contributed by atoms with E-state index in [1.807, 2.05) is 23.6 Å². The van der Waals surface area contributed by atoms with E-state index < -0.39 is 0 Å². The van der Waals surface area contributed by atoms with E-state index in [9.17, 15) is 4.79 Å². The van der Waals surface area contributed by atoms with Crippen LogP contribution in [0.1, 0.15) is 53.4 Å². The van der Waals surface area contributed by atoms with E-state index in [-0.39, 0.29) is 5.91 Å². The molecule has 1 N–H and O–H groups in total. The second-order valence-corrected chi connectivity index (χ2v) is 8.29. The number of hydrogen-bond donors (Lipinski definition) is 1. The van der Waals surface area contributed by atoms with Crippen molar-refractivity contribution < 1.29 is 9.53 Å². The molecule has 0 unspecified atom stereocenters. The van der Waals surface area contributed by atoms with Crippen molar-refractivity contribution >= 4 is 17.2 Å². The molecule has 0 radical (unpaired) electrons. The van der Waals surface area contributed by atoms with Gasteiger partial charge in [0, 0.05) is 11.6 Å². The Bertz CT molecular complexity index is 716. The average molecular weight is 373 g/mol. The number of amides is 1. The largest absolute Gasteiger partial charge is 0.489 e. The van der Waals surface area contributed by atoms with E-state index in [0.717, 1.165) is 42.1 Å². The van der Waals surface area contributed by atoms with E-state index in [1.165, 1.54) is 16.9 Å². The second kappa shape index (κ2) is 8.69. The highest BCUT2D eigenvalue weighted by molar-refractivity contribution is 7.12. The van der Waals surface area contributed by atoms with E-state index in [2.05, 4.69) is 43.2 Å². The molecule has 1 amide bonds. The number of rotatable bonds is 6. The molecular formula is C21H28N2O2S. The predicted octanol–water partition coefficient (Wildman–Crippen LogP) is 4.27. The minimum atomic E-state index is 0.0390. The Labute approximate surface area is 160 Å². The molecule has 1 aliphatic heterocycles. The molecule has 1 saturated heterocycles. The Morgan fingerprint density at radius 2 is 1.96 bits per heavy atom. The highest BCUT2D eigenvalue weighted by atomic mass is 32.1. The second-order valence-electron chi connectivity index (χ2n) is 7.38. The molecule has 140 valence electrons. The molecule has 2 heterocycles. The maximum atomic E-state index is 12.4. The Hall–Kier alpha value is -1.85. The fourth-order valence-electron chi connectivity index (χ4n) is 3.10. The van der Waals surface area contributed by atoms with Crippen LogP contribution < -0.4 is 10.1 Å². The molecule has 0 spiro atoms. The molecule has 0 aliphatic carbocycles. The normalized spacial score (nSPS) is 16.0. The first-order valence-electron chi connectivity index (χ1n) is 9.31. The van der Waals surface area contributed by atoms with Crippen LogP contribution in [0.2, 0.25) is 0 Å². The number of hydrogen-bond acceptors (Lipinski definition) is 4. The number of thiophene rings is 1. The Balaban J connectivity index is 1.50. The van der Waals surface area contributed by atoms with E-state index >= 15 is 0 Å². The predicted molar refractivity (Wildman–Crippen MR) is 107 cm³/mol. The van der Waals surface area contributed by atoms with Crippen molar-refractivity contribution in [3.8, 4) is 5.75 Å². The van der Waals surface area contributed by atoms with Gasteiger partial charge in [0.1, 0.15) is 12.4 Å². The molecule has 1 aliphatic rings. The van der Waals surface area contributed by atoms with Crippen molar-refractivity contribution in [2.75, 3.05) is 20.1 Å². The lowest BCUT2D eigenvalue weighted by atomic mass is 10.0. The first kappa shape index (κ1) is 18.9. The van der Waals surface area contributed by atoms with Gasteiger partial charge >= 0.3 is 0 Å². The van der Waals surface area contributed by atoms with Crippen molar-refractivity contribution in [2.45, 2.75) is 45.3 Å². The number of benzene rings is 1. The van der Waals surface area contributed by atoms with Gasteiger partial charge in [-0.3, -0.25) is 4.79 Å². The average Bonchev–Trinajstić information content (AvgIpc) is 3.11. The van der Waals surface area contributed by atoms with E-state index in [1.54, 1.807) is 0 Å². The summed E-state index contributed by atoms with van der Waals surface area (Å²) in [6.45, 7) is 6.94. The maximum absolute atomic E-state index is 12.4. The minimum Gasteiger partial charge on any atom is -0.489 e. The monoisotopic (exact) mass is 372 g/mol. The maximum Gasteiger partial charge on any atom is 0.261 e. The number of piperidine rings is 1. The van der Waals surface area contributed by atoms with Crippen molar-refractivity contribution in [3.05, 3.63) is 51.7 Å². The van der Waals surface area contributed by atoms with Gasteiger partial charge in [-0.15, -0.1) is 11.3 Å². The van der Waals surface area contributed by atoms with Crippen LogP contribution >= 0.6 is 11.3 Å². The molecule has 0 bridgehead atoms. The summed E-state index contributed by atoms with van der Waals surface area (Å²) < 4.78 is 5.85. The lowest BCUT2D eigenvalue weighted by molar-refractivity contribution is 0.0921. The number of nitrogens with zero attached hydrogens (tertiary/aromatic N) is 1. The molecule has 3 rings (SSSR count). The SMILES string of the molecule is CC(C)c1ccc(OCc2csc(C(=O)NC3CCN(C)CC3)c2)cc1. The zero-order valence-electron chi connectivity index (χ0n) is 15.8. The van der Waals surface area contributed by atoms with Gasteiger partial charge in [0.2, 0.25) is 0 Å². The summed E-state index contributed by atoms with van der Waals surface area (Å²) in [5, 5.41) is 5.17. The van der Waals surface area contributed by atoms with Gasteiger partial charge < -0.3 is 15.0 Å². The van der Waals surface area contributed by atoms with Gasteiger partial charge in [0.15, 0.2) is 0 Å². The Morgan fingerprint density at radius 3 is 2.62 bits per heavy atom. The van der Waals surface area contributed by atoms with Gasteiger partial charge in [-0.1, -0.05) is 26.0 Å². The summed E-state index contributed by atoms with van der Waals surface area (Å²) in [5.74, 6) is 1.42. The first-order chi connectivity index (χ1) is 12.5. The van der Waals surface area contributed by atoms with Gasteiger partial charge in [-0.2, -0.15) is 0 Å².